The van der Waals surface area contributed by atoms with Crippen LogP contribution >= 0.6 is 23.2 Å². The van der Waals surface area contributed by atoms with Crippen molar-refractivity contribution >= 4 is 35.1 Å². The van der Waals surface area contributed by atoms with Gasteiger partial charge in [0.05, 0.1) is 5.92 Å². The van der Waals surface area contributed by atoms with E-state index in [0.29, 0.717) is 48.8 Å². The third-order valence-corrected chi connectivity index (χ3v) is 4.41. The second-order valence-electron chi connectivity index (χ2n) is 5.23. The zero-order valence-corrected chi connectivity index (χ0v) is 13.0. The van der Waals surface area contributed by atoms with E-state index in [-0.39, 0.29) is 11.8 Å². The SMILES string of the molecule is O=C(O)C1CCN(C(=O)CCc2ccc(Cl)cc2Cl)CC1. The Bertz CT molecular complexity index is 540. The van der Waals surface area contributed by atoms with Crippen LogP contribution in [0.15, 0.2) is 18.2 Å². The van der Waals surface area contributed by atoms with Crippen LogP contribution in [0.5, 0.6) is 0 Å². The van der Waals surface area contributed by atoms with Crippen LogP contribution in [0.3, 0.4) is 0 Å². The molecule has 1 aliphatic heterocycles. The minimum Gasteiger partial charge on any atom is -0.481 e. The fourth-order valence-corrected chi connectivity index (χ4v) is 3.00. The van der Waals surface area contributed by atoms with Crippen LogP contribution < -0.4 is 0 Å². The number of benzene rings is 1. The number of rotatable bonds is 4. The van der Waals surface area contributed by atoms with Crippen LogP contribution in [0.25, 0.3) is 0 Å². The van der Waals surface area contributed by atoms with E-state index in [1.807, 2.05) is 6.07 Å². The number of likely N-dealkylation sites (tertiary alicyclic amines) is 1. The van der Waals surface area contributed by atoms with Gasteiger partial charge in [0, 0.05) is 29.6 Å². The molecule has 6 heteroatoms. The number of carbonyl (C=O) groups is 2. The number of hydrogen-bond donors (Lipinski definition) is 1. The first-order chi connectivity index (χ1) is 9.97. The predicted octanol–water partition coefficient (Wildman–Crippen LogP) is 3.25. The van der Waals surface area contributed by atoms with Crippen LogP contribution in [0.1, 0.15) is 24.8 Å². The number of halogens is 2. The van der Waals surface area contributed by atoms with Gasteiger partial charge < -0.3 is 10.0 Å². The monoisotopic (exact) mass is 329 g/mol. The summed E-state index contributed by atoms with van der Waals surface area (Å²) >= 11 is 11.9. The molecule has 21 heavy (non-hydrogen) atoms. The molecule has 0 radical (unpaired) electrons. The summed E-state index contributed by atoms with van der Waals surface area (Å²) in [5, 5.41) is 10.1. The lowest BCUT2D eigenvalue weighted by atomic mass is 9.96. The van der Waals surface area contributed by atoms with Crippen molar-refractivity contribution in [3.63, 3.8) is 0 Å². The Labute approximate surface area is 133 Å². The molecule has 114 valence electrons. The number of hydrogen-bond acceptors (Lipinski definition) is 2. The van der Waals surface area contributed by atoms with Gasteiger partial charge in [-0.25, -0.2) is 0 Å². The molecular weight excluding hydrogens is 313 g/mol. The topological polar surface area (TPSA) is 57.6 Å². The smallest absolute Gasteiger partial charge is 0.306 e. The molecule has 0 unspecified atom stereocenters. The highest BCUT2D eigenvalue weighted by molar-refractivity contribution is 6.35. The third kappa shape index (κ3) is 4.35. The lowest BCUT2D eigenvalue weighted by Crippen LogP contribution is -2.40. The Morgan fingerprint density at radius 2 is 1.90 bits per heavy atom. The van der Waals surface area contributed by atoms with E-state index in [1.165, 1.54) is 0 Å². The molecule has 4 nitrogen and oxygen atoms in total. The summed E-state index contributed by atoms with van der Waals surface area (Å²) in [5.74, 6) is -1.04. The number of carboxylic acids is 1. The second-order valence-corrected chi connectivity index (χ2v) is 6.07. The Morgan fingerprint density at radius 3 is 2.48 bits per heavy atom. The highest BCUT2D eigenvalue weighted by Crippen LogP contribution is 2.23. The maximum absolute atomic E-state index is 12.1. The molecule has 2 rings (SSSR count). The molecular formula is C15H17Cl2NO3. The summed E-state index contributed by atoms with van der Waals surface area (Å²) in [6.45, 7) is 1.04. The van der Waals surface area contributed by atoms with Crippen LogP contribution in [0.2, 0.25) is 10.0 Å². The van der Waals surface area contributed by atoms with E-state index in [1.54, 1.807) is 17.0 Å². The van der Waals surface area contributed by atoms with Crippen molar-refractivity contribution in [2.24, 2.45) is 5.92 Å². The van der Waals surface area contributed by atoms with Crippen LogP contribution in [-0.2, 0) is 16.0 Å². The van der Waals surface area contributed by atoms with E-state index in [2.05, 4.69) is 0 Å². The average molecular weight is 330 g/mol. The Balaban J connectivity index is 1.84. The average Bonchev–Trinajstić information content (AvgIpc) is 2.46. The van der Waals surface area contributed by atoms with Gasteiger partial charge in [-0.3, -0.25) is 9.59 Å². The molecule has 1 saturated heterocycles. The third-order valence-electron chi connectivity index (χ3n) is 3.82. The molecule has 0 atom stereocenters. The zero-order chi connectivity index (χ0) is 15.4. The molecule has 1 fully saturated rings. The lowest BCUT2D eigenvalue weighted by Gasteiger charge is -2.30. The summed E-state index contributed by atoms with van der Waals surface area (Å²) in [5.41, 5.74) is 0.898. The summed E-state index contributed by atoms with van der Waals surface area (Å²) < 4.78 is 0. The molecule has 1 aliphatic rings. The largest absolute Gasteiger partial charge is 0.481 e. The van der Waals surface area contributed by atoms with Gasteiger partial charge in [0.2, 0.25) is 5.91 Å². The summed E-state index contributed by atoms with van der Waals surface area (Å²) in [6, 6.07) is 5.25. The number of amides is 1. The van der Waals surface area contributed by atoms with Gasteiger partial charge in [-0.15, -0.1) is 0 Å². The van der Waals surface area contributed by atoms with Gasteiger partial charge in [-0.1, -0.05) is 29.3 Å². The number of nitrogens with zero attached hydrogens (tertiary/aromatic N) is 1. The maximum Gasteiger partial charge on any atom is 0.306 e. The van der Waals surface area contributed by atoms with Crippen molar-refractivity contribution in [1.82, 2.24) is 4.90 Å². The quantitative estimate of drug-likeness (QED) is 0.922. The number of carbonyl (C=O) groups excluding carboxylic acids is 1. The van der Waals surface area contributed by atoms with Crippen LogP contribution in [0, 0.1) is 5.92 Å². The Kier molecular flexibility index (Phi) is 5.48. The first-order valence-corrected chi connectivity index (χ1v) is 7.67. The van der Waals surface area contributed by atoms with Gasteiger partial charge in [0.25, 0.3) is 0 Å². The van der Waals surface area contributed by atoms with Crippen molar-refractivity contribution in [3.05, 3.63) is 33.8 Å². The van der Waals surface area contributed by atoms with Crippen molar-refractivity contribution in [3.8, 4) is 0 Å². The molecule has 1 aromatic rings. The van der Waals surface area contributed by atoms with Gasteiger partial charge in [0.15, 0.2) is 0 Å². The van der Waals surface area contributed by atoms with Crippen LogP contribution in [0.4, 0.5) is 0 Å². The number of aliphatic carboxylic acids is 1. The van der Waals surface area contributed by atoms with Crippen LogP contribution in [-0.4, -0.2) is 35.0 Å². The first kappa shape index (κ1) is 16.1. The van der Waals surface area contributed by atoms with Crippen molar-refractivity contribution in [1.29, 1.82) is 0 Å². The summed E-state index contributed by atoms with van der Waals surface area (Å²) in [7, 11) is 0. The molecule has 0 aliphatic carbocycles. The number of piperidine rings is 1. The van der Waals surface area contributed by atoms with Gasteiger partial charge in [0.1, 0.15) is 0 Å². The first-order valence-electron chi connectivity index (χ1n) is 6.92. The molecule has 1 aromatic carbocycles. The molecule has 0 bridgehead atoms. The molecule has 1 N–H and O–H groups in total. The molecule has 0 spiro atoms. The maximum atomic E-state index is 12.1. The minimum atomic E-state index is -0.768. The molecule has 0 aromatic heterocycles. The van der Waals surface area contributed by atoms with Gasteiger partial charge in [-0.2, -0.15) is 0 Å². The van der Waals surface area contributed by atoms with E-state index >= 15 is 0 Å². The van der Waals surface area contributed by atoms with E-state index in [4.69, 9.17) is 28.3 Å². The Hall–Kier alpha value is -1.26. The Morgan fingerprint density at radius 1 is 1.24 bits per heavy atom. The van der Waals surface area contributed by atoms with Gasteiger partial charge in [-0.05, 0) is 37.0 Å². The van der Waals surface area contributed by atoms with E-state index in [9.17, 15) is 9.59 Å². The standard InChI is InChI=1S/C15H17Cl2NO3/c16-12-3-1-10(13(17)9-12)2-4-14(19)18-7-5-11(6-8-18)15(20)21/h1,3,9,11H,2,4-8H2,(H,20,21). The zero-order valence-electron chi connectivity index (χ0n) is 11.5. The fourth-order valence-electron chi connectivity index (χ4n) is 2.50. The lowest BCUT2D eigenvalue weighted by molar-refractivity contribution is -0.145. The number of aryl methyl sites for hydroxylation is 1. The highest BCUT2D eigenvalue weighted by atomic mass is 35.5. The molecule has 1 amide bonds. The highest BCUT2D eigenvalue weighted by Gasteiger charge is 2.26. The van der Waals surface area contributed by atoms with Crippen molar-refractivity contribution in [2.45, 2.75) is 25.7 Å². The van der Waals surface area contributed by atoms with E-state index in [0.717, 1.165) is 5.56 Å². The molecule has 0 saturated carbocycles. The summed E-state index contributed by atoms with van der Waals surface area (Å²) in [4.78, 5) is 24.8. The van der Waals surface area contributed by atoms with Gasteiger partial charge >= 0.3 is 5.97 Å². The summed E-state index contributed by atoms with van der Waals surface area (Å²) in [6.07, 6.45) is 2.00. The minimum absolute atomic E-state index is 0.0462. The molecule has 1 heterocycles. The van der Waals surface area contributed by atoms with E-state index < -0.39 is 5.97 Å². The van der Waals surface area contributed by atoms with Crippen molar-refractivity contribution < 1.29 is 14.7 Å². The number of carboxylic acid groups (broad SMARTS) is 1. The van der Waals surface area contributed by atoms with Crippen molar-refractivity contribution in [2.75, 3.05) is 13.1 Å². The normalized spacial score (nSPS) is 16.0. The predicted molar refractivity (Wildman–Crippen MR) is 81.7 cm³/mol. The fraction of sp³-hybridized carbons (Fsp3) is 0.467. The second kappa shape index (κ2) is 7.14.